The van der Waals surface area contributed by atoms with E-state index in [0.29, 0.717) is 17.0 Å². The maximum atomic E-state index is 8.69. The molecule has 6 nitrogen and oxygen atoms in total. The van der Waals surface area contributed by atoms with E-state index in [-0.39, 0.29) is 0 Å². The molecule has 0 aliphatic carbocycles. The highest BCUT2D eigenvalue weighted by atomic mass is 16.5. The maximum Gasteiger partial charge on any atom is 0.241 e. The number of methoxy groups -OCH3 is 1. The number of nitrogens with zero attached hydrogens (tertiary/aromatic N) is 4. The van der Waals surface area contributed by atoms with Crippen LogP contribution in [0.2, 0.25) is 0 Å². The van der Waals surface area contributed by atoms with Crippen molar-refractivity contribution in [2.45, 2.75) is 6.04 Å². The van der Waals surface area contributed by atoms with Crippen molar-refractivity contribution >= 4 is 5.52 Å². The van der Waals surface area contributed by atoms with Crippen LogP contribution in [0.5, 0.6) is 5.88 Å². The van der Waals surface area contributed by atoms with Gasteiger partial charge >= 0.3 is 0 Å². The number of fused-ring (bicyclic) bond motifs is 1. The Kier molecular flexibility index (Phi) is 2.23. The second kappa shape index (κ2) is 3.55. The fourth-order valence-electron chi connectivity index (χ4n) is 1.33. The first-order valence-electron chi connectivity index (χ1n) is 4.28. The number of hydrogen-bond donors (Lipinski definition) is 1. The Labute approximate surface area is 85.9 Å². The highest BCUT2D eigenvalue weighted by molar-refractivity contribution is 5.58. The molecule has 2 N–H and O–H groups in total. The average molecular weight is 203 g/mol. The lowest BCUT2D eigenvalue weighted by atomic mass is 10.2. The third-order valence-electron chi connectivity index (χ3n) is 2.08. The number of aromatic nitrogens is 3. The van der Waals surface area contributed by atoms with Crippen molar-refractivity contribution in [3.63, 3.8) is 0 Å². The molecule has 76 valence electrons. The molecule has 1 atom stereocenters. The minimum atomic E-state index is -0.656. The topological polar surface area (TPSA) is 89.2 Å². The fraction of sp³-hybridized carbons (Fsp3) is 0.222. The van der Waals surface area contributed by atoms with Gasteiger partial charge in [0.05, 0.1) is 13.2 Å². The Morgan fingerprint density at radius 2 is 2.47 bits per heavy atom. The molecule has 2 heterocycles. The van der Waals surface area contributed by atoms with Gasteiger partial charge in [-0.05, 0) is 6.07 Å². The molecule has 2 aromatic rings. The van der Waals surface area contributed by atoms with Crippen molar-refractivity contribution in [1.29, 1.82) is 5.26 Å². The van der Waals surface area contributed by atoms with Crippen LogP contribution in [0.3, 0.4) is 0 Å². The highest BCUT2D eigenvalue weighted by Crippen LogP contribution is 2.20. The van der Waals surface area contributed by atoms with E-state index in [0.717, 1.165) is 0 Å². The summed E-state index contributed by atoms with van der Waals surface area (Å²) in [6, 6.07) is 3.04. The van der Waals surface area contributed by atoms with Crippen LogP contribution in [-0.2, 0) is 0 Å². The predicted molar refractivity (Wildman–Crippen MR) is 52.1 cm³/mol. The zero-order valence-corrected chi connectivity index (χ0v) is 8.08. The third-order valence-corrected chi connectivity index (χ3v) is 2.08. The number of hydrogen-bond acceptors (Lipinski definition) is 5. The summed E-state index contributed by atoms with van der Waals surface area (Å²) in [6.45, 7) is 0. The number of nitrogens with two attached hydrogens (primary N) is 1. The van der Waals surface area contributed by atoms with Crippen LogP contribution < -0.4 is 10.5 Å². The van der Waals surface area contributed by atoms with Crippen LogP contribution in [0.25, 0.3) is 5.52 Å². The zero-order chi connectivity index (χ0) is 10.8. The smallest absolute Gasteiger partial charge is 0.241 e. The molecule has 0 saturated heterocycles. The lowest BCUT2D eigenvalue weighted by Gasteiger charge is -1.98. The summed E-state index contributed by atoms with van der Waals surface area (Å²) in [7, 11) is 1.53. The van der Waals surface area contributed by atoms with Crippen molar-refractivity contribution in [2.75, 3.05) is 7.11 Å². The summed E-state index contributed by atoms with van der Waals surface area (Å²) in [5.41, 5.74) is 6.97. The van der Waals surface area contributed by atoms with Crippen LogP contribution in [0.15, 0.2) is 18.6 Å². The quantitative estimate of drug-likeness (QED) is 0.756. The van der Waals surface area contributed by atoms with Gasteiger partial charge in [-0.1, -0.05) is 0 Å². The van der Waals surface area contributed by atoms with Gasteiger partial charge in [0.15, 0.2) is 0 Å². The van der Waals surface area contributed by atoms with Gasteiger partial charge in [-0.2, -0.15) is 15.3 Å². The van der Waals surface area contributed by atoms with Crippen molar-refractivity contribution in [1.82, 2.24) is 14.6 Å². The first-order chi connectivity index (χ1) is 7.26. The molecule has 0 saturated carbocycles. The number of nitriles is 1. The first kappa shape index (κ1) is 9.43. The number of rotatable bonds is 2. The minimum Gasteiger partial charge on any atom is -0.479 e. The molecule has 0 radical (unpaired) electrons. The Bertz CT molecular complexity index is 527. The second-order valence-electron chi connectivity index (χ2n) is 2.98. The van der Waals surface area contributed by atoms with Gasteiger partial charge < -0.3 is 10.5 Å². The van der Waals surface area contributed by atoms with Crippen LogP contribution in [0.1, 0.15) is 11.6 Å². The monoisotopic (exact) mass is 203 g/mol. The van der Waals surface area contributed by atoms with Crippen molar-refractivity contribution in [2.24, 2.45) is 5.73 Å². The van der Waals surface area contributed by atoms with E-state index in [1.54, 1.807) is 16.8 Å². The lowest BCUT2D eigenvalue weighted by Crippen LogP contribution is -2.05. The van der Waals surface area contributed by atoms with Gasteiger partial charge in [0, 0.05) is 11.8 Å². The molecule has 1 unspecified atom stereocenters. The van der Waals surface area contributed by atoms with E-state index in [4.69, 9.17) is 15.7 Å². The summed E-state index contributed by atoms with van der Waals surface area (Å²) >= 11 is 0. The summed E-state index contributed by atoms with van der Waals surface area (Å²) in [4.78, 5) is 3.95. The highest BCUT2D eigenvalue weighted by Gasteiger charge is 2.11. The molecule has 0 spiro atoms. The summed E-state index contributed by atoms with van der Waals surface area (Å²) in [5, 5.41) is 12.7. The fourth-order valence-corrected chi connectivity index (χ4v) is 1.33. The molecule has 0 fully saturated rings. The molecular formula is C9H9N5O. The van der Waals surface area contributed by atoms with Gasteiger partial charge in [-0.3, -0.25) is 0 Å². The van der Waals surface area contributed by atoms with Crippen LogP contribution >= 0.6 is 0 Å². The van der Waals surface area contributed by atoms with E-state index in [1.807, 2.05) is 6.07 Å². The summed E-state index contributed by atoms with van der Waals surface area (Å²) in [6.07, 6.45) is 3.07. The van der Waals surface area contributed by atoms with Gasteiger partial charge in [0.1, 0.15) is 17.9 Å². The SMILES string of the molecule is COc1ncnn2cc(C(N)C#N)cc12. The standard InChI is InChI=1S/C9H9N5O/c1-15-9-8-2-6(7(11)3-10)4-14(8)13-5-12-9/h2,4-5,7H,11H2,1H3. The first-order valence-corrected chi connectivity index (χ1v) is 4.28. The van der Waals surface area contributed by atoms with Gasteiger partial charge in [0.25, 0.3) is 0 Å². The number of ether oxygens (including phenoxy) is 1. The van der Waals surface area contributed by atoms with Gasteiger partial charge in [0.2, 0.25) is 5.88 Å². The average Bonchev–Trinajstić information content (AvgIpc) is 2.71. The third kappa shape index (κ3) is 1.49. The Morgan fingerprint density at radius 3 is 3.13 bits per heavy atom. The molecular weight excluding hydrogens is 194 g/mol. The minimum absolute atomic E-state index is 0.460. The van der Waals surface area contributed by atoms with E-state index < -0.39 is 6.04 Å². The summed E-state index contributed by atoms with van der Waals surface area (Å²) < 4.78 is 6.64. The predicted octanol–water partition coefficient (Wildman–Crippen LogP) is 0.261. The molecule has 0 bridgehead atoms. The maximum absolute atomic E-state index is 8.69. The molecule has 0 aliphatic rings. The molecule has 0 amide bonds. The van der Waals surface area contributed by atoms with Crippen LogP contribution in [0.4, 0.5) is 0 Å². The van der Waals surface area contributed by atoms with E-state index in [2.05, 4.69) is 10.1 Å². The normalized spacial score (nSPS) is 12.3. The van der Waals surface area contributed by atoms with Crippen molar-refractivity contribution < 1.29 is 4.74 Å². The van der Waals surface area contributed by atoms with Gasteiger partial charge in [-0.25, -0.2) is 4.52 Å². The van der Waals surface area contributed by atoms with Gasteiger partial charge in [-0.15, -0.1) is 0 Å². The Morgan fingerprint density at radius 1 is 1.67 bits per heavy atom. The van der Waals surface area contributed by atoms with Crippen LogP contribution in [0, 0.1) is 11.3 Å². The second-order valence-corrected chi connectivity index (χ2v) is 2.98. The molecule has 2 aromatic heterocycles. The van der Waals surface area contributed by atoms with Crippen molar-refractivity contribution in [3.05, 3.63) is 24.2 Å². The van der Waals surface area contributed by atoms with Crippen LogP contribution in [-0.4, -0.2) is 21.7 Å². The lowest BCUT2D eigenvalue weighted by molar-refractivity contribution is 0.399. The molecule has 0 aliphatic heterocycles. The molecule has 0 aromatic carbocycles. The Balaban J connectivity index is 2.61. The summed E-state index contributed by atoms with van der Waals surface area (Å²) in [5.74, 6) is 0.460. The van der Waals surface area contributed by atoms with E-state index in [9.17, 15) is 0 Å². The molecule has 2 rings (SSSR count). The van der Waals surface area contributed by atoms with E-state index in [1.165, 1.54) is 13.4 Å². The largest absolute Gasteiger partial charge is 0.479 e. The molecule has 6 heteroatoms. The zero-order valence-electron chi connectivity index (χ0n) is 8.08. The molecule has 15 heavy (non-hydrogen) atoms. The van der Waals surface area contributed by atoms with Crippen molar-refractivity contribution in [3.8, 4) is 11.9 Å². The Hall–Kier alpha value is -2.13. The van der Waals surface area contributed by atoms with E-state index >= 15 is 0 Å².